The van der Waals surface area contributed by atoms with E-state index >= 15 is 0 Å². The summed E-state index contributed by atoms with van der Waals surface area (Å²) >= 11 is 0. The number of rotatable bonds is 4. The number of hydrogen-bond donors (Lipinski definition) is 3. The standard InChI is InChI=1S/C16H20N2O2/c1-10(2)8-13-11(3)17-15-6-4-12(9-14(13)15)5-7-16(19)18-20/h4-7,9-10,17,20H,8H2,1-3H3,(H,18,19)/b7-5+. The van der Waals surface area contributed by atoms with E-state index < -0.39 is 5.91 Å². The Labute approximate surface area is 118 Å². The Hall–Kier alpha value is -2.07. The Bertz CT molecular complexity index is 654. The van der Waals surface area contributed by atoms with Crippen LogP contribution in [0.2, 0.25) is 0 Å². The number of carbonyl (C=O) groups is 1. The van der Waals surface area contributed by atoms with Gasteiger partial charge in [-0.2, -0.15) is 0 Å². The van der Waals surface area contributed by atoms with Crippen molar-refractivity contribution in [3.63, 3.8) is 0 Å². The third-order valence-electron chi connectivity index (χ3n) is 3.29. The molecule has 20 heavy (non-hydrogen) atoms. The fourth-order valence-electron chi connectivity index (χ4n) is 2.38. The van der Waals surface area contributed by atoms with Gasteiger partial charge < -0.3 is 4.98 Å². The Kier molecular flexibility index (Phi) is 4.25. The van der Waals surface area contributed by atoms with Crippen LogP contribution in [0.3, 0.4) is 0 Å². The molecule has 0 saturated heterocycles. The molecule has 2 aromatic rings. The zero-order valence-electron chi connectivity index (χ0n) is 12.0. The lowest BCUT2D eigenvalue weighted by molar-refractivity contribution is -0.124. The topological polar surface area (TPSA) is 65.1 Å². The molecule has 106 valence electrons. The van der Waals surface area contributed by atoms with E-state index in [1.807, 2.05) is 12.1 Å². The van der Waals surface area contributed by atoms with Crippen LogP contribution in [0, 0.1) is 12.8 Å². The van der Waals surface area contributed by atoms with Crippen LogP contribution in [-0.2, 0) is 11.2 Å². The maximum Gasteiger partial charge on any atom is 0.267 e. The van der Waals surface area contributed by atoms with E-state index in [0.717, 1.165) is 17.5 Å². The summed E-state index contributed by atoms with van der Waals surface area (Å²) in [5.41, 5.74) is 6.16. The molecular formula is C16H20N2O2. The molecule has 1 aromatic heterocycles. The zero-order chi connectivity index (χ0) is 14.7. The van der Waals surface area contributed by atoms with Gasteiger partial charge in [-0.25, -0.2) is 5.48 Å². The van der Waals surface area contributed by atoms with Crippen molar-refractivity contribution in [2.24, 2.45) is 5.92 Å². The molecule has 0 fully saturated rings. The molecule has 0 aliphatic rings. The van der Waals surface area contributed by atoms with Gasteiger partial charge in [-0.3, -0.25) is 10.0 Å². The van der Waals surface area contributed by atoms with Crippen molar-refractivity contribution in [3.05, 3.63) is 41.1 Å². The van der Waals surface area contributed by atoms with Gasteiger partial charge in [0.2, 0.25) is 0 Å². The van der Waals surface area contributed by atoms with Crippen LogP contribution >= 0.6 is 0 Å². The van der Waals surface area contributed by atoms with Gasteiger partial charge in [0.25, 0.3) is 5.91 Å². The van der Waals surface area contributed by atoms with Crippen LogP contribution < -0.4 is 5.48 Å². The van der Waals surface area contributed by atoms with Crippen molar-refractivity contribution >= 4 is 22.9 Å². The highest BCUT2D eigenvalue weighted by Crippen LogP contribution is 2.26. The van der Waals surface area contributed by atoms with Gasteiger partial charge in [0.1, 0.15) is 0 Å². The lowest BCUT2D eigenvalue weighted by Crippen LogP contribution is -2.14. The summed E-state index contributed by atoms with van der Waals surface area (Å²) in [6.07, 6.45) is 4.02. The number of hydroxylamine groups is 1. The van der Waals surface area contributed by atoms with Gasteiger partial charge in [-0.15, -0.1) is 0 Å². The number of nitrogens with one attached hydrogen (secondary N) is 2. The summed E-state index contributed by atoms with van der Waals surface area (Å²) in [6, 6.07) is 6.03. The molecule has 4 heteroatoms. The SMILES string of the molecule is Cc1[nH]c2ccc(/C=C/C(=O)NO)cc2c1CC(C)C. The van der Waals surface area contributed by atoms with Gasteiger partial charge in [0.15, 0.2) is 0 Å². The fourth-order valence-corrected chi connectivity index (χ4v) is 2.38. The smallest absolute Gasteiger partial charge is 0.267 e. The van der Waals surface area contributed by atoms with Gasteiger partial charge in [-0.05, 0) is 48.6 Å². The molecule has 3 N–H and O–H groups in total. The van der Waals surface area contributed by atoms with Gasteiger partial charge in [-0.1, -0.05) is 19.9 Å². The van der Waals surface area contributed by atoms with E-state index in [1.54, 1.807) is 11.6 Å². The van der Waals surface area contributed by atoms with Crippen molar-refractivity contribution in [1.82, 2.24) is 10.5 Å². The second-order valence-electron chi connectivity index (χ2n) is 5.44. The summed E-state index contributed by atoms with van der Waals surface area (Å²) in [7, 11) is 0. The van der Waals surface area contributed by atoms with E-state index in [1.165, 1.54) is 22.7 Å². The van der Waals surface area contributed by atoms with Gasteiger partial charge in [0.05, 0.1) is 0 Å². The Morgan fingerprint density at radius 3 is 2.85 bits per heavy atom. The normalized spacial score (nSPS) is 11.7. The number of aryl methyl sites for hydroxylation is 1. The lowest BCUT2D eigenvalue weighted by atomic mass is 9.99. The molecule has 0 unspecified atom stereocenters. The predicted molar refractivity (Wildman–Crippen MR) is 80.5 cm³/mol. The molecule has 0 radical (unpaired) electrons. The largest absolute Gasteiger partial charge is 0.358 e. The number of H-pyrrole nitrogens is 1. The first-order valence-electron chi connectivity index (χ1n) is 6.74. The van der Waals surface area contributed by atoms with E-state index in [-0.39, 0.29) is 0 Å². The molecule has 0 aliphatic heterocycles. The zero-order valence-corrected chi connectivity index (χ0v) is 12.0. The van der Waals surface area contributed by atoms with Gasteiger partial charge >= 0.3 is 0 Å². The minimum absolute atomic E-state index is 0.530. The summed E-state index contributed by atoms with van der Waals surface area (Å²) in [5.74, 6) is 0.0600. The second-order valence-corrected chi connectivity index (χ2v) is 5.44. The highest BCUT2D eigenvalue weighted by atomic mass is 16.5. The van der Waals surface area contributed by atoms with Crippen LogP contribution in [0.15, 0.2) is 24.3 Å². The Morgan fingerprint density at radius 2 is 2.20 bits per heavy atom. The molecule has 1 aromatic carbocycles. The maximum atomic E-state index is 11.0. The van der Waals surface area contributed by atoms with Crippen LogP contribution in [-0.4, -0.2) is 16.1 Å². The Balaban J connectivity index is 2.41. The summed E-state index contributed by atoms with van der Waals surface area (Å²) in [6.45, 7) is 6.49. The molecule has 4 nitrogen and oxygen atoms in total. The average Bonchev–Trinajstić information content (AvgIpc) is 2.71. The first-order chi connectivity index (χ1) is 9.51. The van der Waals surface area contributed by atoms with Crippen molar-refractivity contribution in [2.75, 3.05) is 0 Å². The molecular weight excluding hydrogens is 252 g/mol. The minimum Gasteiger partial charge on any atom is -0.358 e. The van der Waals surface area contributed by atoms with E-state index in [0.29, 0.717) is 5.92 Å². The second kappa shape index (κ2) is 5.92. The minimum atomic E-state index is -0.530. The maximum absolute atomic E-state index is 11.0. The molecule has 1 heterocycles. The van der Waals surface area contributed by atoms with Crippen LogP contribution in [0.4, 0.5) is 0 Å². The lowest BCUT2D eigenvalue weighted by Gasteiger charge is -2.05. The average molecular weight is 272 g/mol. The highest BCUT2D eigenvalue weighted by Gasteiger charge is 2.10. The van der Waals surface area contributed by atoms with Crippen LogP contribution in [0.25, 0.3) is 17.0 Å². The van der Waals surface area contributed by atoms with Crippen LogP contribution in [0.1, 0.15) is 30.7 Å². The van der Waals surface area contributed by atoms with Crippen LogP contribution in [0.5, 0.6) is 0 Å². The van der Waals surface area contributed by atoms with Crippen molar-refractivity contribution in [1.29, 1.82) is 0 Å². The molecule has 0 atom stereocenters. The number of aromatic nitrogens is 1. The first-order valence-corrected chi connectivity index (χ1v) is 6.74. The third-order valence-corrected chi connectivity index (χ3v) is 3.29. The van der Waals surface area contributed by atoms with E-state index in [2.05, 4.69) is 31.8 Å². The fraction of sp³-hybridized carbons (Fsp3) is 0.312. The summed E-state index contributed by atoms with van der Waals surface area (Å²) in [4.78, 5) is 14.4. The number of benzene rings is 1. The predicted octanol–water partition coefficient (Wildman–Crippen LogP) is 3.19. The Morgan fingerprint density at radius 1 is 1.45 bits per heavy atom. The third kappa shape index (κ3) is 3.08. The van der Waals surface area contributed by atoms with Crippen molar-refractivity contribution in [3.8, 4) is 0 Å². The number of carbonyl (C=O) groups excluding carboxylic acids is 1. The first kappa shape index (κ1) is 14.3. The van der Waals surface area contributed by atoms with E-state index in [9.17, 15) is 4.79 Å². The summed E-state index contributed by atoms with van der Waals surface area (Å²) in [5, 5.41) is 9.67. The number of amides is 1. The van der Waals surface area contributed by atoms with Gasteiger partial charge in [0, 0.05) is 22.7 Å². The summed E-state index contributed by atoms with van der Waals surface area (Å²) < 4.78 is 0. The molecule has 1 amide bonds. The molecule has 2 rings (SSSR count). The molecule has 0 bridgehead atoms. The van der Waals surface area contributed by atoms with Crippen molar-refractivity contribution in [2.45, 2.75) is 27.2 Å². The number of hydrogen-bond acceptors (Lipinski definition) is 2. The van der Waals surface area contributed by atoms with Crippen molar-refractivity contribution < 1.29 is 10.0 Å². The quantitative estimate of drug-likeness (QED) is 0.454. The highest BCUT2D eigenvalue weighted by molar-refractivity contribution is 5.92. The number of aromatic amines is 1. The monoisotopic (exact) mass is 272 g/mol. The van der Waals surface area contributed by atoms with E-state index in [4.69, 9.17) is 5.21 Å². The number of fused-ring (bicyclic) bond motifs is 1. The molecule has 0 saturated carbocycles. The molecule has 0 spiro atoms. The molecule has 0 aliphatic carbocycles.